The molecule has 0 bridgehead atoms. The lowest BCUT2D eigenvalue weighted by atomic mass is 10.3. The molecule has 0 unspecified atom stereocenters. The second kappa shape index (κ2) is 6.56. The van der Waals surface area contributed by atoms with E-state index in [1.807, 2.05) is 37.6 Å². The van der Waals surface area contributed by atoms with Crippen LogP contribution in [0, 0.1) is 20.8 Å². The zero-order chi connectivity index (χ0) is 17.3. The topological polar surface area (TPSA) is 77.6 Å². The molecule has 0 aliphatic carbocycles. The summed E-state index contributed by atoms with van der Waals surface area (Å²) >= 11 is 3.50. The van der Waals surface area contributed by atoms with E-state index >= 15 is 0 Å². The van der Waals surface area contributed by atoms with E-state index in [1.165, 1.54) is 0 Å². The number of pyridine rings is 1. The van der Waals surface area contributed by atoms with Crippen LogP contribution in [0.5, 0.6) is 0 Å². The highest BCUT2D eigenvalue weighted by Crippen LogP contribution is 2.19. The molecule has 0 radical (unpaired) electrons. The van der Waals surface area contributed by atoms with E-state index < -0.39 is 0 Å². The van der Waals surface area contributed by atoms with Crippen LogP contribution in [0.15, 0.2) is 35.1 Å². The molecule has 0 spiro atoms. The van der Waals surface area contributed by atoms with E-state index in [4.69, 9.17) is 0 Å². The Morgan fingerprint density at radius 1 is 1.25 bits per heavy atom. The first-order chi connectivity index (χ1) is 11.4. The Balaban J connectivity index is 1.73. The molecule has 3 rings (SSSR count). The molecule has 3 aromatic rings. The molecule has 0 aliphatic heterocycles. The Kier molecular flexibility index (Phi) is 4.48. The number of anilines is 1. The first kappa shape index (κ1) is 16.4. The zero-order valence-corrected chi connectivity index (χ0v) is 15.2. The van der Waals surface area contributed by atoms with Crippen molar-refractivity contribution < 1.29 is 4.79 Å². The number of hydrogen-bond acceptors (Lipinski definition) is 4. The van der Waals surface area contributed by atoms with Crippen LogP contribution >= 0.6 is 15.9 Å². The molecular formula is C16H17BrN6O. The van der Waals surface area contributed by atoms with Crippen molar-refractivity contribution in [3.8, 4) is 0 Å². The van der Waals surface area contributed by atoms with Crippen molar-refractivity contribution in [3.05, 3.63) is 57.7 Å². The monoisotopic (exact) mass is 388 g/mol. The molecule has 0 atom stereocenters. The van der Waals surface area contributed by atoms with Gasteiger partial charge >= 0.3 is 0 Å². The van der Waals surface area contributed by atoms with Crippen LogP contribution in [0.25, 0.3) is 0 Å². The fourth-order valence-corrected chi connectivity index (χ4v) is 2.58. The molecule has 1 amide bonds. The van der Waals surface area contributed by atoms with Crippen LogP contribution < -0.4 is 5.32 Å². The molecule has 8 heteroatoms. The molecule has 124 valence electrons. The van der Waals surface area contributed by atoms with Crippen LogP contribution in [-0.2, 0) is 6.67 Å². The van der Waals surface area contributed by atoms with Crippen molar-refractivity contribution in [1.29, 1.82) is 0 Å². The highest BCUT2D eigenvalue weighted by atomic mass is 79.9. The molecule has 3 aromatic heterocycles. The second-order valence-corrected chi connectivity index (χ2v) is 6.33. The number of nitrogens with zero attached hydrogens (tertiary/aromatic N) is 5. The summed E-state index contributed by atoms with van der Waals surface area (Å²) in [6.45, 7) is 6.29. The number of carbonyl (C=O) groups excluding carboxylic acids is 1. The molecule has 3 heterocycles. The Morgan fingerprint density at radius 3 is 2.71 bits per heavy atom. The fourth-order valence-electron chi connectivity index (χ4n) is 2.30. The van der Waals surface area contributed by atoms with Gasteiger partial charge < -0.3 is 5.32 Å². The maximum Gasteiger partial charge on any atom is 0.277 e. The molecular weight excluding hydrogens is 372 g/mol. The smallest absolute Gasteiger partial charge is 0.277 e. The minimum absolute atomic E-state index is 0.290. The molecule has 0 saturated heterocycles. The van der Waals surface area contributed by atoms with E-state index in [9.17, 15) is 4.79 Å². The van der Waals surface area contributed by atoms with Gasteiger partial charge in [-0.15, -0.1) is 0 Å². The van der Waals surface area contributed by atoms with Crippen LogP contribution in [0.2, 0.25) is 0 Å². The summed E-state index contributed by atoms with van der Waals surface area (Å²) in [5.41, 5.74) is 3.29. The number of hydrogen-bond donors (Lipinski definition) is 1. The predicted octanol–water partition coefficient (Wildman–Crippen LogP) is 2.92. The number of carbonyl (C=O) groups is 1. The molecule has 7 nitrogen and oxygen atoms in total. The lowest BCUT2D eigenvalue weighted by molar-refractivity contribution is 0.102. The molecule has 0 fully saturated rings. The standard InChI is InChI=1S/C16H17BrN6O/c1-10-4-6-18-14(8-10)19-16(24)13-5-7-22(21-13)9-23-12(3)15(17)11(2)20-23/h4-8H,9H2,1-3H3,(H,18,19,24). The van der Waals surface area contributed by atoms with E-state index in [2.05, 4.69) is 36.4 Å². The number of amides is 1. The van der Waals surface area contributed by atoms with Gasteiger partial charge in [0.25, 0.3) is 5.91 Å². The van der Waals surface area contributed by atoms with Crippen molar-refractivity contribution >= 4 is 27.7 Å². The lowest BCUT2D eigenvalue weighted by Crippen LogP contribution is -2.16. The third kappa shape index (κ3) is 3.38. The maximum absolute atomic E-state index is 12.3. The molecule has 24 heavy (non-hydrogen) atoms. The highest BCUT2D eigenvalue weighted by Gasteiger charge is 2.13. The average Bonchev–Trinajstić information content (AvgIpc) is 3.09. The number of aromatic nitrogens is 5. The molecule has 0 aromatic carbocycles. The van der Waals surface area contributed by atoms with E-state index in [-0.39, 0.29) is 5.91 Å². The quantitative estimate of drug-likeness (QED) is 0.745. The Labute approximate surface area is 147 Å². The first-order valence-electron chi connectivity index (χ1n) is 7.41. The van der Waals surface area contributed by atoms with Gasteiger partial charge in [0.15, 0.2) is 5.69 Å². The van der Waals surface area contributed by atoms with Crippen molar-refractivity contribution in [1.82, 2.24) is 24.5 Å². The SMILES string of the molecule is Cc1ccnc(NC(=O)c2ccn(Cn3nc(C)c(Br)c3C)n2)c1. The summed E-state index contributed by atoms with van der Waals surface area (Å²) in [5.74, 6) is 0.221. The highest BCUT2D eigenvalue weighted by molar-refractivity contribution is 9.10. The van der Waals surface area contributed by atoms with Gasteiger partial charge in [0.05, 0.1) is 15.9 Å². The van der Waals surface area contributed by atoms with Gasteiger partial charge in [-0.2, -0.15) is 10.2 Å². The maximum atomic E-state index is 12.3. The van der Waals surface area contributed by atoms with Crippen LogP contribution in [0.4, 0.5) is 5.82 Å². The third-order valence-electron chi connectivity index (χ3n) is 3.60. The second-order valence-electron chi connectivity index (χ2n) is 5.54. The average molecular weight is 389 g/mol. The van der Waals surface area contributed by atoms with Crippen molar-refractivity contribution in [2.75, 3.05) is 5.32 Å². The van der Waals surface area contributed by atoms with E-state index in [0.717, 1.165) is 21.4 Å². The summed E-state index contributed by atoms with van der Waals surface area (Å²) in [7, 11) is 0. The summed E-state index contributed by atoms with van der Waals surface area (Å²) in [6, 6.07) is 5.35. The lowest BCUT2D eigenvalue weighted by Gasteiger charge is -2.05. The Bertz CT molecular complexity index is 898. The van der Waals surface area contributed by atoms with Crippen LogP contribution in [0.3, 0.4) is 0 Å². The van der Waals surface area contributed by atoms with Crippen LogP contribution in [0.1, 0.15) is 27.4 Å². The minimum Gasteiger partial charge on any atom is -0.305 e. The summed E-state index contributed by atoms with van der Waals surface area (Å²) in [4.78, 5) is 16.4. The normalized spacial score (nSPS) is 10.8. The van der Waals surface area contributed by atoms with Gasteiger partial charge in [-0.3, -0.25) is 9.48 Å². The van der Waals surface area contributed by atoms with Gasteiger partial charge in [-0.05, 0) is 60.5 Å². The predicted molar refractivity (Wildman–Crippen MR) is 94.0 cm³/mol. The minimum atomic E-state index is -0.290. The first-order valence-corrected chi connectivity index (χ1v) is 8.20. The van der Waals surface area contributed by atoms with E-state index in [1.54, 1.807) is 23.1 Å². The molecule has 1 N–H and O–H groups in total. The van der Waals surface area contributed by atoms with Crippen molar-refractivity contribution in [2.45, 2.75) is 27.4 Å². The van der Waals surface area contributed by atoms with E-state index in [0.29, 0.717) is 18.2 Å². The summed E-state index contributed by atoms with van der Waals surface area (Å²) in [6.07, 6.45) is 3.41. The number of rotatable bonds is 4. The van der Waals surface area contributed by atoms with Crippen molar-refractivity contribution in [3.63, 3.8) is 0 Å². The Morgan fingerprint density at radius 2 is 2.04 bits per heavy atom. The van der Waals surface area contributed by atoms with Gasteiger partial charge in [0, 0.05) is 12.4 Å². The van der Waals surface area contributed by atoms with Gasteiger partial charge in [0.1, 0.15) is 12.5 Å². The number of halogens is 1. The summed E-state index contributed by atoms with van der Waals surface area (Å²) < 4.78 is 4.49. The molecule has 0 aliphatic rings. The van der Waals surface area contributed by atoms with Crippen molar-refractivity contribution in [2.24, 2.45) is 0 Å². The van der Waals surface area contributed by atoms with Crippen LogP contribution in [-0.4, -0.2) is 30.5 Å². The van der Waals surface area contributed by atoms with Gasteiger partial charge in [-0.1, -0.05) is 0 Å². The fraction of sp³-hybridized carbons (Fsp3) is 0.250. The molecule has 0 saturated carbocycles. The third-order valence-corrected chi connectivity index (χ3v) is 4.75. The largest absolute Gasteiger partial charge is 0.305 e. The number of aryl methyl sites for hydroxylation is 2. The van der Waals surface area contributed by atoms with Gasteiger partial charge in [-0.25, -0.2) is 9.67 Å². The van der Waals surface area contributed by atoms with Gasteiger partial charge in [0.2, 0.25) is 0 Å². The Hall–Kier alpha value is -2.48. The summed E-state index contributed by atoms with van der Waals surface area (Å²) in [5, 5.41) is 11.5. The zero-order valence-electron chi connectivity index (χ0n) is 13.6. The number of nitrogens with one attached hydrogen (secondary N) is 1.